The summed E-state index contributed by atoms with van der Waals surface area (Å²) in [5.41, 5.74) is 1.85. The largest absolute Gasteiger partial charge is 0.388 e. The lowest BCUT2D eigenvalue weighted by atomic mass is 9.79. The summed E-state index contributed by atoms with van der Waals surface area (Å²) >= 11 is 0. The quantitative estimate of drug-likeness (QED) is 0.462. The molecule has 0 aromatic carbocycles. The minimum atomic E-state index is -0.666. The lowest BCUT2D eigenvalue weighted by Gasteiger charge is -2.35. The number of hydrogen-bond acceptors (Lipinski definition) is 7. The first kappa shape index (κ1) is 15.9. The van der Waals surface area contributed by atoms with E-state index in [1.54, 1.807) is 13.2 Å². The van der Waals surface area contributed by atoms with Gasteiger partial charge in [-0.15, -0.1) is 0 Å². The number of aliphatic hydroxyl groups is 1. The molecule has 2 unspecified atom stereocenters. The third kappa shape index (κ3) is 4.52. The molecule has 7 heteroatoms. The van der Waals surface area contributed by atoms with E-state index in [0.717, 1.165) is 19.3 Å². The van der Waals surface area contributed by atoms with Gasteiger partial charge in [-0.2, -0.15) is 0 Å². The lowest BCUT2D eigenvalue weighted by molar-refractivity contribution is -0.000835. The highest BCUT2D eigenvalue weighted by molar-refractivity contribution is 5.47. The summed E-state index contributed by atoms with van der Waals surface area (Å²) < 4.78 is 5.04. The second-order valence-electron chi connectivity index (χ2n) is 5.91. The zero-order chi connectivity index (χ0) is 15.3. The number of rotatable bonds is 6. The van der Waals surface area contributed by atoms with Gasteiger partial charge in [0.15, 0.2) is 5.82 Å². The molecule has 0 aliphatic heterocycles. The third-order valence-electron chi connectivity index (χ3n) is 3.86. The number of methoxy groups -OCH3 is 1. The molecule has 21 heavy (non-hydrogen) atoms. The maximum atomic E-state index is 10.6. The number of hydrazine groups is 1. The van der Waals surface area contributed by atoms with Gasteiger partial charge in [0, 0.05) is 19.7 Å². The fourth-order valence-electron chi connectivity index (χ4n) is 2.90. The summed E-state index contributed by atoms with van der Waals surface area (Å²) in [5, 5.41) is 13.8. The number of nitrogens with two attached hydrogens (primary N) is 1. The lowest BCUT2D eigenvalue weighted by Crippen LogP contribution is -2.41. The molecule has 2 atom stereocenters. The van der Waals surface area contributed by atoms with Crippen LogP contribution in [0.1, 0.15) is 38.4 Å². The second-order valence-corrected chi connectivity index (χ2v) is 5.91. The van der Waals surface area contributed by atoms with Gasteiger partial charge in [0.2, 0.25) is 0 Å². The number of nitrogens with zero attached hydrogens (tertiary/aromatic N) is 2. The van der Waals surface area contributed by atoms with Crippen LogP contribution in [0.5, 0.6) is 0 Å². The van der Waals surface area contributed by atoms with Crippen molar-refractivity contribution in [1.29, 1.82) is 0 Å². The normalized spacial score (nSPS) is 25.6. The van der Waals surface area contributed by atoms with Crippen molar-refractivity contribution in [3.63, 3.8) is 0 Å². The molecule has 1 aromatic heterocycles. The van der Waals surface area contributed by atoms with E-state index in [-0.39, 0.29) is 0 Å². The molecule has 1 saturated carbocycles. The van der Waals surface area contributed by atoms with Gasteiger partial charge < -0.3 is 20.6 Å². The van der Waals surface area contributed by atoms with Crippen LogP contribution < -0.4 is 16.6 Å². The highest BCUT2D eigenvalue weighted by atomic mass is 16.5. The first-order chi connectivity index (χ1) is 10.0. The predicted octanol–water partition coefficient (Wildman–Crippen LogP) is 1.26. The van der Waals surface area contributed by atoms with Crippen molar-refractivity contribution in [3.8, 4) is 0 Å². The molecular formula is C14H25N5O2. The summed E-state index contributed by atoms with van der Waals surface area (Å²) in [7, 11) is 1.59. The van der Waals surface area contributed by atoms with E-state index in [4.69, 9.17) is 10.6 Å². The molecule has 2 rings (SSSR count). The van der Waals surface area contributed by atoms with E-state index in [9.17, 15) is 5.11 Å². The van der Waals surface area contributed by atoms with Crippen LogP contribution in [0, 0.1) is 5.92 Å². The smallest absolute Gasteiger partial charge is 0.158 e. The SMILES string of the molecule is COCc1nc(NN)cc(NCC2(O)CCCC(C)C2)n1. The molecule has 1 heterocycles. The zero-order valence-corrected chi connectivity index (χ0v) is 12.7. The molecule has 118 valence electrons. The summed E-state index contributed by atoms with van der Waals surface area (Å²) in [5.74, 6) is 7.66. The minimum absolute atomic E-state index is 0.311. The van der Waals surface area contributed by atoms with Crippen LogP contribution >= 0.6 is 0 Å². The molecule has 0 radical (unpaired) electrons. The van der Waals surface area contributed by atoms with E-state index in [1.807, 2.05) is 0 Å². The molecule has 0 saturated heterocycles. The fourth-order valence-corrected chi connectivity index (χ4v) is 2.90. The molecule has 7 nitrogen and oxygen atoms in total. The summed E-state index contributed by atoms with van der Waals surface area (Å²) in [4.78, 5) is 8.54. The van der Waals surface area contributed by atoms with Crippen molar-refractivity contribution in [3.05, 3.63) is 11.9 Å². The Morgan fingerprint density at radius 1 is 1.48 bits per heavy atom. The predicted molar refractivity (Wildman–Crippen MR) is 81.6 cm³/mol. The molecule has 0 amide bonds. The van der Waals surface area contributed by atoms with Crippen LogP contribution in [-0.4, -0.2) is 34.3 Å². The van der Waals surface area contributed by atoms with Gasteiger partial charge in [-0.1, -0.05) is 19.8 Å². The average molecular weight is 295 g/mol. The second kappa shape index (κ2) is 7.02. The van der Waals surface area contributed by atoms with E-state index < -0.39 is 5.60 Å². The molecular weight excluding hydrogens is 270 g/mol. The number of nitrogen functional groups attached to an aromatic ring is 1. The third-order valence-corrected chi connectivity index (χ3v) is 3.86. The number of hydrogen-bond donors (Lipinski definition) is 4. The van der Waals surface area contributed by atoms with Gasteiger partial charge in [0.05, 0.1) is 5.60 Å². The first-order valence-electron chi connectivity index (χ1n) is 7.34. The van der Waals surface area contributed by atoms with Gasteiger partial charge in [-0.25, -0.2) is 15.8 Å². The number of aromatic nitrogens is 2. The molecule has 5 N–H and O–H groups in total. The Morgan fingerprint density at radius 3 is 2.90 bits per heavy atom. The van der Waals surface area contributed by atoms with Gasteiger partial charge >= 0.3 is 0 Å². The van der Waals surface area contributed by atoms with Crippen molar-refractivity contribution < 1.29 is 9.84 Å². The molecule has 0 bridgehead atoms. The van der Waals surface area contributed by atoms with Crippen LogP contribution in [0.15, 0.2) is 6.07 Å². The Hall–Kier alpha value is -1.44. The topological polar surface area (TPSA) is 105 Å². The number of anilines is 2. The maximum Gasteiger partial charge on any atom is 0.158 e. The highest BCUT2D eigenvalue weighted by Crippen LogP contribution is 2.32. The van der Waals surface area contributed by atoms with Crippen molar-refractivity contribution in [2.75, 3.05) is 24.4 Å². The van der Waals surface area contributed by atoms with E-state index in [0.29, 0.717) is 36.5 Å². The van der Waals surface area contributed by atoms with E-state index >= 15 is 0 Å². The van der Waals surface area contributed by atoms with Crippen molar-refractivity contribution in [2.45, 2.75) is 44.8 Å². The van der Waals surface area contributed by atoms with Crippen LogP contribution in [-0.2, 0) is 11.3 Å². The fraction of sp³-hybridized carbons (Fsp3) is 0.714. The van der Waals surface area contributed by atoms with Gasteiger partial charge in [-0.05, 0) is 18.8 Å². The molecule has 1 aliphatic rings. The molecule has 1 aromatic rings. The Balaban J connectivity index is 2.03. The van der Waals surface area contributed by atoms with Crippen LogP contribution in [0.2, 0.25) is 0 Å². The molecule has 0 spiro atoms. The van der Waals surface area contributed by atoms with E-state index in [1.165, 1.54) is 6.42 Å². The molecule has 1 aliphatic carbocycles. The number of nitrogens with one attached hydrogen (secondary N) is 2. The van der Waals surface area contributed by atoms with Crippen molar-refractivity contribution in [2.24, 2.45) is 11.8 Å². The summed E-state index contributed by atoms with van der Waals surface area (Å²) in [6, 6.07) is 1.72. The van der Waals surface area contributed by atoms with Crippen LogP contribution in [0.25, 0.3) is 0 Å². The van der Waals surface area contributed by atoms with Crippen LogP contribution in [0.3, 0.4) is 0 Å². The molecule has 1 fully saturated rings. The zero-order valence-electron chi connectivity index (χ0n) is 12.7. The number of ether oxygens (including phenoxy) is 1. The maximum absolute atomic E-state index is 10.6. The summed E-state index contributed by atoms with van der Waals surface area (Å²) in [6.45, 7) is 2.97. The van der Waals surface area contributed by atoms with Crippen molar-refractivity contribution >= 4 is 11.6 Å². The average Bonchev–Trinajstić information content (AvgIpc) is 2.45. The first-order valence-corrected chi connectivity index (χ1v) is 7.34. The van der Waals surface area contributed by atoms with Crippen LogP contribution in [0.4, 0.5) is 11.6 Å². The summed E-state index contributed by atoms with van der Waals surface area (Å²) in [6.07, 6.45) is 3.89. The Labute approximate surface area is 125 Å². The van der Waals surface area contributed by atoms with Gasteiger partial charge in [0.1, 0.15) is 18.2 Å². The monoisotopic (exact) mass is 295 g/mol. The van der Waals surface area contributed by atoms with E-state index in [2.05, 4.69) is 27.6 Å². The Morgan fingerprint density at radius 2 is 2.24 bits per heavy atom. The standard InChI is InChI=1S/C14H25N5O2/c1-10-4-3-5-14(20,7-10)9-16-11-6-12(19-15)18-13(17-11)8-21-2/h6,10,20H,3-5,7-9,15H2,1-2H3,(H2,16,17,18,19). The van der Waals surface area contributed by atoms with Gasteiger partial charge in [0.25, 0.3) is 0 Å². The van der Waals surface area contributed by atoms with Gasteiger partial charge in [-0.3, -0.25) is 0 Å². The minimum Gasteiger partial charge on any atom is -0.388 e. The van der Waals surface area contributed by atoms with Crippen molar-refractivity contribution in [1.82, 2.24) is 9.97 Å². The Kier molecular flexibility index (Phi) is 5.33. The Bertz CT molecular complexity index is 471. The highest BCUT2D eigenvalue weighted by Gasteiger charge is 2.32.